The van der Waals surface area contributed by atoms with Crippen molar-refractivity contribution in [2.24, 2.45) is 0 Å². The summed E-state index contributed by atoms with van der Waals surface area (Å²) in [6.45, 7) is 2.93. The second kappa shape index (κ2) is 9.99. The SMILES string of the molecule is COc1ccccc1C[N+](=O)CC1(c2ccccc2)CCN(c2ccccc2)C(C(C)=O)C1. The molecule has 0 radical (unpaired) electrons. The molecule has 170 valence electrons. The van der Waals surface area contributed by atoms with Crippen molar-refractivity contribution in [3.63, 3.8) is 0 Å². The zero-order valence-electron chi connectivity index (χ0n) is 19.3. The summed E-state index contributed by atoms with van der Waals surface area (Å²) in [5.41, 5.74) is 2.62. The number of ketones is 1. The molecule has 0 amide bonds. The van der Waals surface area contributed by atoms with Gasteiger partial charge in [-0.3, -0.25) is 4.79 Å². The van der Waals surface area contributed by atoms with E-state index in [9.17, 15) is 9.70 Å². The van der Waals surface area contributed by atoms with Crippen molar-refractivity contribution in [1.29, 1.82) is 0 Å². The Balaban J connectivity index is 1.64. The van der Waals surface area contributed by atoms with Crippen molar-refractivity contribution < 1.29 is 14.3 Å². The molecule has 0 N–H and O–H groups in total. The van der Waals surface area contributed by atoms with E-state index < -0.39 is 5.41 Å². The number of para-hydroxylation sites is 2. The first-order valence-corrected chi connectivity index (χ1v) is 11.4. The summed E-state index contributed by atoms with van der Waals surface area (Å²) in [5.74, 6) is 0.841. The highest BCUT2D eigenvalue weighted by atomic mass is 16.5. The number of methoxy groups -OCH3 is 1. The van der Waals surface area contributed by atoms with E-state index in [1.165, 1.54) is 0 Å². The number of benzene rings is 3. The Bertz CT molecular complexity index is 1100. The van der Waals surface area contributed by atoms with Gasteiger partial charge in [0, 0.05) is 21.9 Å². The first-order chi connectivity index (χ1) is 16.0. The molecule has 2 unspecified atom stereocenters. The highest BCUT2D eigenvalue weighted by Crippen LogP contribution is 2.40. The average Bonchev–Trinajstić information content (AvgIpc) is 2.85. The lowest BCUT2D eigenvalue weighted by Crippen LogP contribution is -2.54. The second-order valence-corrected chi connectivity index (χ2v) is 8.87. The molecular formula is C28H31N2O3+. The number of ether oxygens (including phenoxy) is 1. The largest absolute Gasteiger partial charge is 0.496 e. The predicted octanol–water partition coefficient (Wildman–Crippen LogP) is 5.17. The van der Waals surface area contributed by atoms with Crippen LogP contribution >= 0.6 is 0 Å². The van der Waals surface area contributed by atoms with Crippen LogP contribution in [0.25, 0.3) is 0 Å². The van der Waals surface area contributed by atoms with Gasteiger partial charge in [0.1, 0.15) is 5.75 Å². The van der Waals surface area contributed by atoms with Crippen LogP contribution < -0.4 is 9.64 Å². The number of piperidine rings is 1. The van der Waals surface area contributed by atoms with Gasteiger partial charge in [-0.05, 0) is 49.6 Å². The fourth-order valence-corrected chi connectivity index (χ4v) is 5.07. The van der Waals surface area contributed by atoms with Gasteiger partial charge < -0.3 is 9.64 Å². The molecule has 3 aromatic carbocycles. The van der Waals surface area contributed by atoms with Gasteiger partial charge in [-0.25, -0.2) is 0 Å². The fraction of sp³-hybridized carbons (Fsp3) is 0.321. The van der Waals surface area contributed by atoms with Gasteiger partial charge in [-0.1, -0.05) is 60.7 Å². The number of nitroso groups, excluding NO2 is 1. The first-order valence-electron chi connectivity index (χ1n) is 11.4. The zero-order valence-corrected chi connectivity index (χ0v) is 19.3. The Kier molecular flexibility index (Phi) is 6.87. The van der Waals surface area contributed by atoms with Crippen molar-refractivity contribution in [1.82, 2.24) is 0 Å². The lowest BCUT2D eigenvalue weighted by molar-refractivity contribution is -0.574. The van der Waals surface area contributed by atoms with Crippen LogP contribution in [0.4, 0.5) is 5.69 Å². The zero-order chi connectivity index (χ0) is 23.3. The third-order valence-electron chi connectivity index (χ3n) is 6.75. The number of carbonyl (C=O) groups is 1. The highest BCUT2D eigenvalue weighted by molar-refractivity contribution is 5.85. The normalized spacial score (nSPS) is 20.3. The predicted molar refractivity (Wildman–Crippen MR) is 131 cm³/mol. The van der Waals surface area contributed by atoms with Gasteiger partial charge in [0.15, 0.2) is 5.78 Å². The van der Waals surface area contributed by atoms with E-state index in [1.54, 1.807) is 14.0 Å². The van der Waals surface area contributed by atoms with Crippen molar-refractivity contribution in [2.45, 2.75) is 37.8 Å². The molecule has 1 aliphatic heterocycles. The van der Waals surface area contributed by atoms with Gasteiger partial charge in [0.05, 0.1) is 24.1 Å². The number of rotatable bonds is 8. The van der Waals surface area contributed by atoms with Crippen LogP contribution in [0.2, 0.25) is 0 Å². The summed E-state index contributed by atoms with van der Waals surface area (Å²) in [4.78, 5) is 28.3. The van der Waals surface area contributed by atoms with Crippen LogP contribution in [0.1, 0.15) is 30.9 Å². The second-order valence-electron chi connectivity index (χ2n) is 8.87. The quantitative estimate of drug-likeness (QED) is 0.451. The molecule has 5 heteroatoms. The molecule has 1 heterocycles. The molecule has 1 aliphatic rings. The van der Waals surface area contributed by atoms with E-state index in [4.69, 9.17) is 4.74 Å². The summed E-state index contributed by atoms with van der Waals surface area (Å²) in [7, 11) is 1.62. The van der Waals surface area contributed by atoms with Crippen molar-refractivity contribution in [2.75, 3.05) is 25.1 Å². The Labute approximate surface area is 195 Å². The lowest BCUT2D eigenvalue weighted by atomic mass is 9.69. The maximum Gasteiger partial charge on any atom is 0.220 e. The standard InChI is InChI=1S/C28H31N2O3/c1-22(31)26-19-28(24-12-5-3-6-13-24,17-18-30(26)25-14-7-4-8-15-25)21-29(32)20-23-11-9-10-16-27(23)33-2/h3-16,26H,17-21H2,1-2H3/q+1. The minimum Gasteiger partial charge on any atom is -0.496 e. The van der Waals surface area contributed by atoms with E-state index in [2.05, 4.69) is 17.0 Å². The number of anilines is 1. The molecule has 0 bridgehead atoms. The van der Waals surface area contributed by atoms with Crippen LogP contribution in [0.5, 0.6) is 5.75 Å². The highest BCUT2D eigenvalue weighted by Gasteiger charge is 2.47. The van der Waals surface area contributed by atoms with Gasteiger partial charge >= 0.3 is 0 Å². The molecule has 1 fully saturated rings. The van der Waals surface area contributed by atoms with Crippen molar-refractivity contribution in [3.8, 4) is 5.75 Å². The molecule has 33 heavy (non-hydrogen) atoms. The molecule has 4 rings (SSSR count). The van der Waals surface area contributed by atoms with Gasteiger partial charge in [0.2, 0.25) is 13.1 Å². The molecule has 0 aliphatic carbocycles. The number of nitrogens with zero attached hydrogens (tertiary/aromatic N) is 2. The third kappa shape index (κ3) is 4.98. The Hall–Kier alpha value is -3.47. The van der Waals surface area contributed by atoms with Crippen LogP contribution in [0.3, 0.4) is 0 Å². The smallest absolute Gasteiger partial charge is 0.220 e. The third-order valence-corrected chi connectivity index (χ3v) is 6.75. The molecule has 0 saturated carbocycles. The Morgan fingerprint density at radius 2 is 1.64 bits per heavy atom. The molecule has 0 spiro atoms. The van der Waals surface area contributed by atoms with Crippen molar-refractivity contribution in [3.05, 3.63) is 101 Å². The average molecular weight is 444 g/mol. The van der Waals surface area contributed by atoms with E-state index in [0.29, 0.717) is 25.3 Å². The minimum absolute atomic E-state index is 0.126. The topological polar surface area (TPSA) is 49.6 Å². The molecule has 2 atom stereocenters. The number of hydrogen-bond donors (Lipinski definition) is 0. The van der Waals surface area contributed by atoms with Crippen LogP contribution in [0.15, 0.2) is 84.9 Å². The Morgan fingerprint density at radius 1 is 1.00 bits per heavy atom. The number of Topliss-reactive ketones (excluding diaryl/α,β-unsaturated/α-hetero) is 1. The molecule has 1 saturated heterocycles. The van der Waals surface area contributed by atoms with Crippen LogP contribution in [-0.2, 0) is 16.8 Å². The maximum absolute atomic E-state index is 13.3. The minimum atomic E-state index is -0.410. The van der Waals surface area contributed by atoms with Crippen LogP contribution in [0, 0.1) is 4.91 Å². The number of carbonyl (C=O) groups excluding carboxylic acids is 1. The lowest BCUT2D eigenvalue weighted by Gasteiger charge is -2.45. The van der Waals surface area contributed by atoms with Crippen LogP contribution in [-0.4, -0.2) is 36.8 Å². The summed E-state index contributed by atoms with van der Waals surface area (Å²) in [6.07, 6.45) is 1.40. The van der Waals surface area contributed by atoms with E-state index >= 15 is 0 Å². The summed E-state index contributed by atoms with van der Waals surface area (Å²) in [6, 6.07) is 27.6. The van der Waals surface area contributed by atoms with E-state index in [0.717, 1.165) is 28.0 Å². The Morgan fingerprint density at radius 3 is 2.30 bits per heavy atom. The van der Waals surface area contributed by atoms with E-state index in [1.807, 2.05) is 72.8 Å². The van der Waals surface area contributed by atoms with Gasteiger partial charge in [-0.15, -0.1) is 0 Å². The van der Waals surface area contributed by atoms with Gasteiger partial charge in [0.25, 0.3) is 0 Å². The summed E-state index contributed by atoms with van der Waals surface area (Å²) < 4.78 is 6.57. The first kappa shape index (κ1) is 22.7. The van der Waals surface area contributed by atoms with Crippen molar-refractivity contribution >= 4 is 11.5 Å². The molecule has 0 aromatic heterocycles. The monoisotopic (exact) mass is 443 g/mol. The van der Waals surface area contributed by atoms with Gasteiger partial charge in [-0.2, -0.15) is 0 Å². The molecular weight excluding hydrogens is 412 g/mol. The molecule has 3 aromatic rings. The number of hydrogen-bond acceptors (Lipinski definition) is 4. The summed E-state index contributed by atoms with van der Waals surface area (Å²) >= 11 is 0. The van der Waals surface area contributed by atoms with E-state index in [-0.39, 0.29) is 18.4 Å². The maximum atomic E-state index is 13.3. The molecule has 5 nitrogen and oxygen atoms in total. The fourth-order valence-electron chi connectivity index (χ4n) is 5.07. The summed E-state index contributed by atoms with van der Waals surface area (Å²) in [5, 5.41) is 0.